The maximum atomic E-state index is 4.47. The molecule has 0 saturated carbocycles. The number of para-hydroxylation sites is 1. The molecule has 2 aromatic rings. The fraction of sp³-hybridized carbons (Fsp3) is 0.250. The zero-order valence-corrected chi connectivity index (χ0v) is 8.67. The SMILES string of the molecule is Cc1[nH]c2ccccc2c1C1=NCCN1. The lowest BCUT2D eigenvalue weighted by atomic mass is 10.1. The molecule has 1 aromatic heterocycles. The van der Waals surface area contributed by atoms with Gasteiger partial charge in [0, 0.05) is 28.7 Å². The highest BCUT2D eigenvalue weighted by Gasteiger charge is 2.15. The van der Waals surface area contributed by atoms with E-state index in [0.29, 0.717) is 0 Å². The van der Waals surface area contributed by atoms with E-state index in [1.54, 1.807) is 0 Å². The number of hydrogen-bond acceptors (Lipinski definition) is 2. The Labute approximate surface area is 88.2 Å². The number of benzene rings is 1. The second kappa shape index (κ2) is 3.12. The second-order valence-corrected chi connectivity index (χ2v) is 3.83. The van der Waals surface area contributed by atoms with Crippen molar-refractivity contribution >= 4 is 16.7 Å². The minimum atomic E-state index is 0.883. The van der Waals surface area contributed by atoms with Crippen LogP contribution in [0.15, 0.2) is 29.3 Å². The zero-order valence-electron chi connectivity index (χ0n) is 8.67. The van der Waals surface area contributed by atoms with Crippen LogP contribution < -0.4 is 5.32 Å². The molecule has 0 spiro atoms. The van der Waals surface area contributed by atoms with Gasteiger partial charge in [-0.15, -0.1) is 0 Å². The van der Waals surface area contributed by atoms with Crippen LogP contribution in [0, 0.1) is 6.92 Å². The van der Waals surface area contributed by atoms with E-state index in [2.05, 4.69) is 40.4 Å². The topological polar surface area (TPSA) is 40.2 Å². The molecule has 1 aliphatic rings. The number of hydrogen-bond donors (Lipinski definition) is 2. The first kappa shape index (κ1) is 8.53. The van der Waals surface area contributed by atoms with Gasteiger partial charge in [-0.25, -0.2) is 0 Å². The lowest BCUT2D eigenvalue weighted by molar-refractivity contribution is 0.960. The Morgan fingerprint density at radius 2 is 2.13 bits per heavy atom. The van der Waals surface area contributed by atoms with Crippen LogP contribution in [0.5, 0.6) is 0 Å². The number of H-pyrrole nitrogens is 1. The van der Waals surface area contributed by atoms with Gasteiger partial charge < -0.3 is 10.3 Å². The third-order valence-electron chi connectivity index (χ3n) is 2.80. The molecular weight excluding hydrogens is 186 g/mol. The number of aryl methyl sites for hydroxylation is 1. The molecule has 2 N–H and O–H groups in total. The summed E-state index contributed by atoms with van der Waals surface area (Å²) >= 11 is 0. The van der Waals surface area contributed by atoms with Crippen molar-refractivity contribution in [3.8, 4) is 0 Å². The molecule has 3 heteroatoms. The van der Waals surface area contributed by atoms with Crippen LogP contribution in [0.25, 0.3) is 10.9 Å². The normalized spacial score (nSPS) is 15.4. The molecule has 0 bridgehead atoms. The zero-order chi connectivity index (χ0) is 10.3. The standard InChI is InChI=1S/C12H13N3/c1-8-11(12-13-6-7-14-12)9-4-2-3-5-10(9)15-8/h2-5,15H,6-7H2,1H3,(H,13,14). The number of aromatic nitrogens is 1. The number of nitrogens with one attached hydrogen (secondary N) is 2. The Kier molecular flexibility index (Phi) is 1.78. The molecule has 3 rings (SSSR count). The largest absolute Gasteiger partial charge is 0.368 e. The van der Waals surface area contributed by atoms with Crippen LogP contribution >= 0.6 is 0 Å². The van der Waals surface area contributed by atoms with Crippen molar-refractivity contribution < 1.29 is 0 Å². The van der Waals surface area contributed by atoms with Gasteiger partial charge in [-0.3, -0.25) is 4.99 Å². The summed E-state index contributed by atoms with van der Waals surface area (Å²) in [5, 5.41) is 4.57. The summed E-state index contributed by atoms with van der Waals surface area (Å²) in [6, 6.07) is 8.35. The lowest BCUT2D eigenvalue weighted by Crippen LogP contribution is -2.19. The fourth-order valence-electron chi connectivity index (χ4n) is 2.15. The second-order valence-electron chi connectivity index (χ2n) is 3.83. The van der Waals surface area contributed by atoms with Gasteiger partial charge in [-0.2, -0.15) is 0 Å². The molecule has 0 atom stereocenters. The lowest BCUT2D eigenvalue weighted by Gasteiger charge is -2.01. The van der Waals surface area contributed by atoms with E-state index in [-0.39, 0.29) is 0 Å². The number of aromatic amines is 1. The van der Waals surface area contributed by atoms with Gasteiger partial charge in [0.1, 0.15) is 5.84 Å². The highest BCUT2D eigenvalue weighted by Crippen LogP contribution is 2.22. The van der Waals surface area contributed by atoms with Crippen molar-refractivity contribution in [1.82, 2.24) is 10.3 Å². The van der Waals surface area contributed by atoms with Gasteiger partial charge in [0.25, 0.3) is 0 Å². The molecule has 0 fully saturated rings. The maximum Gasteiger partial charge on any atom is 0.130 e. The van der Waals surface area contributed by atoms with Gasteiger partial charge in [-0.1, -0.05) is 18.2 Å². The maximum absolute atomic E-state index is 4.47. The van der Waals surface area contributed by atoms with Crippen molar-refractivity contribution in [2.24, 2.45) is 4.99 Å². The van der Waals surface area contributed by atoms with Crippen LogP contribution in [0.1, 0.15) is 11.3 Å². The minimum Gasteiger partial charge on any atom is -0.368 e. The number of rotatable bonds is 1. The Morgan fingerprint density at radius 3 is 2.93 bits per heavy atom. The average molecular weight is 199 g/mol. The number of amidine groups is 1. The number of aliphatic imine (C=N–C) groups is 1. The first-order chi connectivity index (χ1) is 7.36. The first-order valence-electron chi connectivity index (χ1n) is 5.22. The molecule has 3 nitrogen and oxygen atoms in total. The number of fused-ring (bicyclic) bond motifs is 1. The Hall–Kier alpha value is -1.77. The highest BCUT2D eigenvalue weighted by molar-refractivity contribution is 6.11. The Morgan fingerprint density at radius 1 is 1.27 bits per heavy atom. The van der Waals surface area contributed by atoms with Gasteiger partial charge in [0.15, 0.2) is 0 Å². The average Bonchev–Trinajstić information content (AvgIpc) is 2.82. The molecule has 0 unspecified atom stereocenters. The summed E-state index contributed by atoms with van der Waals surface area (Å²) in [6.07, 6.45) is 0. The first-order valence-corrected chi connectivity index (χ1v) is 5.22. The predicted molar refractivity (Wildman–Crippen MR) is 62.4 cm³/mol. The third-order valence-corrected chi connectivity index (χ3v) is 2.80. The van der Waals surface area contributed by atoms with E-state index in [1.165, 1.54) is 22.2 Å². The van der Waals surface area contributed by atoms with Crippen LogP contribution in [0.4, 0.5) is 0 Å². The predicted octanol–water partition coefficient (Wildman–Crippen LogP) is 1.83. The van der Waals surface area contributed by atoms with E-state index in [1.807, 2.05) is 6.07 Å². The fourth-order valence-corrected chi connectivity index (χ4v) is 2.15. The quantitative estimate of drug-likeness (QED) is 0.722. The van der Waals surface area contributed by atoms with E-state index in [4.69, 9.17) is 0 Å². The molecule has 2 heterocycles. The molecule has 15 heavy (non-hydrogen) atoms. The highest BCUT2D eigenvalue weighted by atomic mass is 15.1. The molecule has 0 aliphatic carbocycles. The summed E-state index contributed by atoms with van der Waals surface area (Å²) in [5.74, 6) is 1.03. The molecular formula is C12H13N3. The van der Waals surface area contributed by atoms with Crippen molar-refractivity contribution in [1.29, 1.82) is 0 Å². The van der Waals surface area contributed by atoms with Gasteiger partial charge in [0.05, 0.1) is 6.54 Å². The molecule has 1 aliphatic heterocycles. The molecule has 0 saturated heterocycles. The van der Waals surface area contributed by atoms with E-state index >= 15 is 0 Å². The minimum absolute atomic E-state index is 0.883. The third kappa shape index (κ3) is 1.23. The van der Waals surface area contributed by atoms with Crippen molar-refractivity contribution in [2.75, 3.05) is 13.1 Å². The van der Waals surface area contributed by atoms with Crippen LogP contribution in [0.3, 0.4) is 0 Å². The molecule has 0 amide bonds. The van der Waals surface area contributed by atoms with Crippen molar-refractivity contribution in [3.05, 3.63) is 35.5 Å². The monoisotopic (exact) mass is 199 g/mol. The van der Waals surface area contributed by atoms with Crippen molar-refractivity contribution in [2.45, 2.75) is 6.92 Å². The summed E-state index contributed by atoms with van der Waals surface area (Å²) in [4.78, 5) is 7.86. The summed E-state index contributed by atoms with van der Waals surface area (Å²) in [6.45, 7) is 3.93. The van der Waals surface area contributed by atoms with Gasteiger partial charge >= 0.3 is 0 Å². The molecule has 1 aromatic carbocycles. The van der Waals surface area contributed by atoms with Crippen LogP contribution in [-0.4, -0.2) is 23.9 Å². The van der Waals surface area contributed by atoms with Crippen LogP contribution in [0.2, 0.25) is 0 Å². The Bertz CT molecular complexity index is 537. The molecule has 0 radical (unpaired) electrons. The summed E-state index contributed by atoms with van der Waals surface area (Å²) < 4.78 is 0. The number of nitrogens with zero attached hydrogens (tertiary/aromatic N) is 1. The molecule has 76 valence electrons. The van der Waals surface area contributed by atoms with Gasteiger partial charge in [0.2, 0.25) is 0 Å². The van der Waals surface area contributed by atoms with Crippen LogP contribution in [-0.2, 0) is 0 Å². The van der Waals surface area contributed by atoms with E-state index in [9.17, 15) is 0 Å². The summed E-state index contributed by atoms with van der Waals surface area (Å²) in [5.41, 5.74) is 3.59. The van der Waals surface area contributed by atoms with Crippen molar-refractivity contribution in [3.63, 3.8) is 0 Å². The van der Waals surface area contributed by atoms with E-state index in [0.717, 1.165) is 18.9 Å². The van der Waals surface area contributed by atoms with E-state index < -0.39 is 0 Å². The summed E-state index contributed by atoms with van der Waals surface area (Å²) in [7, 11) is 0. The smallest absolute Gasteiger partial charge is 0.130 e. The van der Waals surface area contributed by atoms with Gasteiger partial charge in [-0.05, 0) is 13.0 Å². The Balaban J connectivity index is 2.28.